The maximum absolute atomic E-state index is 8.80. The van der Waals surface area contributed by atoms with E-state index in [1.807, 2.05) is 0 Å². The molecule has 0 spiro atoms. The smallest absolute Gasteiger partial charge is 0.0915 e. The van der Waals surface area contributed by atoms with Crippen molar-refractivity contribution in [3.63, 3.8) is 0 Å². The van der Waals surface area contributed by atoms with Gasteiger partial charge in [0, 0.05) is 6.08 Å². The predicted molar refractivity (Wildman–Crippen MR) is 76.8 cm³/mol. The van der Waals surface area contributed by atoms with Crippen LogP contribution in [0.4, 0.5) is 0 Å². The quantitative estimate of drug-likeness (QED) is 0.423. The number of hydrogen-bond donors (Lipinski definition) is 1. The summed E-state index contributed by atoms with van der Waals surface area (Å²) < 4.78 is 0. The van der Waals surface area contributed by atoms with Crippen molar-refractivity contribution in [2.75, 3.05) is 0 Å². The van der Waals surface area contributed by atoms with E-state index in [1.165, 1.54) is 23.3 Å². The fraction of sp³-hybridized carbons (Fsp3) is 0.533. The van der Waals surface area contributed by atoms with Crippen molar-refractivity contribution < 1.29 is 0 Å². The van der Waals surface area contributed by atoms with E-state index in [0.29, 0.717) is 0 Å². The molecule has 1 aliphatic rings. The maximum atomic E-state index is 8.80. The highest BCUT2D eigenvalue weighted by atomic mass is 32.1. The molecule has 17 heavy (non-hydrogen) atoms. The molecule has 0 unspecified atom stereocenters. The third-order valence-electron chi connectivity index (χ3n) is 3.03. The Morgan fingerprint density at radius 1 is 1.29 bits per heavy atom. The summed E-state index contributed by atoms with van der Waals surface area (Å²) >= 11 is 4.53. The molecule has 0 atom stereocenters. The molecular weight excluding hydrogens is 226 g/mol. The Hall–Kier alpha value is -0.940. The van der Waals surface area contributed by atoms with Crippen molar-refractivity contribution >= 4 is 12.6 Å². The van der Waals surface area contributed by atoms with E-state index in [-0.39, 0.29) is 5.41 Å². The molecule has 0 aliphatic heterocycles. The monoisotopic (exact) mass is 247 g/mol. The van der Waals surface area contributed by atoms with Gasteiger partial charge in [-0.25, -0.2) is 0 Å². The van der Waals surface area contributed by atoms with Crippen molar-refractivity contribution in [1.29, 1.82) is 5.26 Å². The lowest BCUT2D eigenvalue weighted by Gasteiger charge is -2.20. The average molecular weight is 247 g/mol. The molecule has 0 saturated carbocycles. The molecule has 0 bridgehead atoms. The molecule has 2 heteroatoms. The summed E-state index contributed by atoms with van der Waals surface area (Å²) in [7, 11) is 0. The molecule has 0 fully saturated rings. The molecule has 92 valence electrons. The second-order valence-electron chi connectivity index (χ2n) is 5.49. The fourth-order valence-corrected chi connectivity index (χ4v) is 2.21. The van der Waals surface area contributed by atoms with Crippen LogP contribution in [0.2, 0.25) is 0 Å². The molecule has 0 aromatic rings. The molecule has 0 aromatic carbocycles. The van der Waals surface area contributed by atoms with Crippen LogP contribution in [0.5, 0.6) is 0 Å². The fourth-order valence-electron chi connectivity index (χ4n) is 1.87. The molecule has 1 nitrogen and oxygen atoms in total. The molecule has 1 rings (SSSR count). The van der Waals surface area contributed by atoms with Crippen LogP contribution in [-0.2, 0) is 0 Å². The topological polar surface area (TPSA) is 23.8 Å². The van der Waals surface area contributed by atoms with Crippen LogP contribution in [-0.4, -0.2) is 0 Å². The summed E-state index contributed by atoms with van der Waals surface area (Å²) in [6, 6.07) is 2.12. The second kappa shape index (κ2) is 6.12. The van der Waals surface area contributed by atoms with Gasteiger partial charge in [0.2, 0.25) is 0 Å². The van der Waals surface area contributed by atoms with Gasteiger partial charge in [0.1, 0.15) is 0 Å². The summed E-state index contributed by atoms with van der Waals surface area (Å²) in [6.45, 7) is 6.37. The Morgan fingerprint density at radius 2 is 1.94 bits per heavy atom. The van der Waals surface area contributed by atoms with Gasteiger partial charge in [0.05, 0.1) is 6.07 Å². The third kappa shape index (κ3) is 4.44. The molecule has 0 saturated heterocycles. The van der Waals surface area contributed by atoms with Crippen molar-refractivity contribution in [2.24, 2.45) is 5.41 Å². The highest BCUT2D eigenvalue weighted by molar-refractivity contribution is 7.84. The highest BCUT2D eigenvalue weighted by Crippen LogP contribution is 2.30. The minimum atomic E-state index is 0.0121. The first-order valence-corrected chi connectivity index (χ1v) is 6.59. The van der Waals surface area contributed by atoms with E-state index in [4.69, 9.17) is 5.26 Å². The van der Waals surface area contributed by atoms with Gasteiger partial charge in [-0.2, -0.15) is 5.26 Å². The third-order valence-corrected chi connectivity index (χ3v) is 3.54. The van der Waals surface area contributed by atoms with Crippen LogP contribution in [0.25, 0.3) is 0 Å². The average Bonchev–Trinajstić information content (AvgIpc) is 2.24. The number of nitriles is 1. The number of nitrogens with zero attached hydrogens (tertiary/aromatic N) is 1. The lowest BCUT2D eigenvalue weighted by atomic mass is 9.85. The minimum absolute atomic E-state index is 0.0121. The maximum Gasteiger partial charge on any atom is 0.0915 e. The van der Waals surface area contributed by atoms with Gasteiger partial charge in [0.15, 0.2) is 0 Å². The summed E-state index contributed by atoms with van der Waals surface area (Å²) in [5.41, 5.74) is 2.41. The zero-order valence-electron chi connectivity index (χ0n) is 11.0. The standard InChI is InChI=1S/C15H21NS/c1-15(2,3)13(10-11-16)9-8-12-6-4-5-7-14(12)17/h8-10,17H,4-7H2,1-3H3/b9-8+,13-10-. The molecule has 0 aromatic heterocycles. The number of hydrogen-bond acceptors (Lipinski definition) is 2. The summed E-state index contributed by atoms with van der Waals surface area (Å²) in [5, 5.41) is 8.80. The second-order valence-corrected chi connectivity index (χ2v) is 6.03. The van der Waals surface area contributed by atoms with Crippen LogP contribution in [0, 0.1) is 16.7 Å². The molecule has 0 heterocycles. The van der Waals surface area contributed by atoms with Gasteiger partial charge in [-0.1, -0.05) is 32.9 Å². The van der Waals surface area contributed by atoms with E-state index in [0.717, 1.165) is 18.4 Å². The Bertz CT molecular complexity index is 400. The van der Waals surface area contributed by atoms with Crippen molar-refractivity contribution in [2.45, 2.75) is 46.5 Å². The largest absolute Gasteiger partial charge is 0.193 e. The summed E-state index contributed by atoms with van der Waals surface area (Å²) in [6.07, 6.45) is 10.5. The minimum Gasteiger partial charge on any atom is -0.193 e. The number of thiol groups is 1. The zero-order valence-corrected chi connectivity index (χ0v) is 11.8. The van der Waals surface area contributed by atoms with Crippen LogP contribution in [0.1, 0.15) is 46.5 Å². The predicted octanol–water partition coefficient (Wildman–Crippen LogP) is 4.80. The van der Waals surface area contributed by atoms with E-state index >= 15 is 0 Å². The van der Waals surface area contributed by atoms with Crippen molar-refractivity contribution in [1.82, 2.24) is 0 Å². The zero-order chi connectivity index (χ0) is 12.9. The molecule has 0 amide bonds. The lowest BCUT2D eigenvalue weighted by molar-refractivity contribution is 0.517. The van der Waals surface area contributed by atoms with Gasteiger partial charge >= 0.3 is 0 Å². The SMILES string of the molecule is CC(C)(C)C(=C\C#N)/C=C/C1=C(S)CCCC1. The van der Waals surface area contributed by atoms with E-state index in [1.54, 1.807) is 6.08 Å². The van der Waals surface area contributed by atoms with Crippen LogP contribution in [0.3, 0.4) is 0 Å². The lowest BCUT2D eigenvalue weighted by Crippen LogP contribution is -2.07. The highest BCUT2D eigenvalue weighted by Gasteiger charge is 2.15. The van der Waals surface area contributed by atoms with Gasteiger partial charge in [0.25, 0.3) is 0 Å². The van der Waals surface area contributed by atoms with Crippen molar-refractivity contribution in [3.8, 4) is 6.07 Å². The van der Waals surface area contributed by atoms with Gasteiger partial charge in [-0.3, -0.25) is 0 Å². The normalized spacial score (nSPS) is 18.6. The van der Waals surface area contributed by atoms with Crippen molar-refractivity contribution in [3.05, 3.63) is 34.3 Å². The summed E-state index contributed by atoms with van der Waals surface area (Å²) in [4.78, 5) is 1.21. The number of allylic oxidation sites excluding steroid dienone is 6. The Morgan fingerprint density at radius 3 is 2.47 bits per heavy atom. The Labute approximate surface area is 110 Å². The van der Waals surface area contributed by atoms with Gasteiger partial charge in [-0.05, 0) is 47.1 Å². The molecule has 0 radical (unpaired) electrons. The first kappa shape index (κ1) is 14.1. The first-order chi connectivity index (χ1) is 7.95. The van der Waals surface area contributed by atoms with Crippen LogP contribution < -0.4 is 0 Å². The van der Waals surface area contributed by atoms with Gasteiger partial charge in [-0.15, -0.1) is 12.6 Å². The van der Waals surface area contributed by atoms with E-state index in [9.17, 15) is 0 Å². The Balaban J connectivity index is 2.89. The first-order valence-electron chi connectivity index (χ1n) is 6.14. The molecule has 1 aliphatic carbocycles. The van der Waals surface area contributed by atoms with E-state index < -0.39 is 0 Å². The Kier molecular flexibility index (Phi) is 5.08. The van der Waals surface area contributed by atoms with Crippen LogP contribution >= 0.6 is 12.6 Å². The van der Waals surface area contributed by atoms with Crippen LogP contribution in [0.15, 0.2) is 34.3 Å². The molecule has 0 N–H and O–H groups in total. The van der Waals surface area contributed by atoms with Gasteiger partial charge < -0.3 is 0 Å². The van der Waals surface area contributed by atoms with E-state index in [2.05, 4.69) is 51.6 Å². The molecular formula is C15H21NS. The summed E-state index contributed by atoms with van der Waals surface area (Å²) in [5.74, 6) is 0. The number of rotatable bonds is 2.